The number of esters is 1. The molecule has 3 rings (SSSR count). The van der Waals surface area contributed by atoms with Gasteiger partial charge in [-0.2, -0.15) is 9.97 Å². The number of rotatable bonds is 10. The van der Waals surface area contributed by atoms with E-state index in [4.69, 9.17) is 24.5 Å². The molecule has 0 radical (unpaired) electrons. The van der Waals surface area contributed by atoms with Gasteiger partial charge in [0.25, 0.3) is 0 Å². The van der Waals surface area contributed by atoms with Crippen LogP contribution >= 0.6 is 8.96 Å². The molecule has 0 spiro atoms. The SMILES string of the molecule is CCOc1nc(N)nc2c1ncn2C1OC(COPNC(C)C(=O)OC(C)C)CC1C. The van der Waals surface area contributed by atoms with Crippen molar-refractivity contribution in [1.82, 2.24) is 24.6 Å². The van der Waals surface area contributed by atoms with Crippen molar-refractivity contribution < 1.29 is 23.5 Å². The van der Waals surface area contributed by atoms with Crippen LogP contribution in [0.4, 0.5) is 5.95 Å². The maximum Gasteiger partial charge on any atom is 0.323 e. The van der Waals surface area contributed by atoms with Gasteiger partial charge in [0.1, 0.15) is 12.3 Å². The van der Waals surface area contributed by atoms with E-state index in [-0.39, 0.29) is 45.2 Å². The summed E-state index contributed by atoms with van der Waals surface area (Å²) < 4.78 is 24.5. The molecule has 1 fully saturated rings. The Morgan fingerprint density at radius 2 is 2.19 bits per heavy atom. The molecule has 31 heavy (non-hydrogen) atoms. The van der Waals surface area contributed by atoms with Crippen molar-refractivity contribution in [2.24, 2.45) is 5.92 Å². The average Bonchev–Trinajstić information content (AvgIpc) is 3.27. The molecular formula is C19H31N6O5P. The summed E-state index contributed by atoms with van der Waals surface area (Å²) in [7, 11) is -0.0373. The van der Waals surface area contributed by atoms with Gasteiger partial charge in [0, 0.05) is 5.92 Å². The summed E-state index contributed by atoms with van der Waals surface area (Å²) in [5, 5.41) is 3.03. The van der Waals surface area contributed by atoms with Crippen molar-refractivity contribution >= 4 is 32.0 Å². The number of carbonyl (C=O) groups excluding carboxylic acids is 1. The number of fused-ring (bicyclic) bond motifs is 1. The molecular weight excluding hydrogens is 423 g/mol. The first kappa shape index (κ1) is 23.6. The van der Waals surface area contributed by atoms with E-state index >= 15 is 0 Å². The molecule has 5 unspecified atom stereocenters. The number of nitrogens with zero attached hydrogens (tertiary/aromatic N) is 4. The van der Waals surface area contributed by atoms with Crippen LogP contribution in [-0.2, 0) is 18.8 Å². The summed E-state index contributed by atoms with van der Waals surface area (Å²) >= 11 is 0. The van der Waals surface area contributed by atoms with Gasteiger partial charge in [0.2, 0.25) is 11.8 Å². The second-order valence-electron chi connectivity index (χ2n) is 7.77. The summed E-state index contributed by atoms with van der Waals surface area (Å²) in [6.45, 7) is 10.2. The third-order valence-corrected chi connectivity index (χ3v) is 5.60. The molecule has 3 N–H and O–H groups in total. The number of aromatic nitrogens is 4. The van der Waals surface area contributed by atoms with E-state index in [0.717, 1.165) is 6.42 Å². The van der Waals surface area contributed by atoms with Crippen LogP contribution in [0.2, 0.25) is 0 Å². The Labute approximate surface area is 183 Å². The molecule has 0 aliphatic carbocycles. The van der Waals surface area contributed by atoms with E-state index in [2.05, 4.69) is 27.0 Å². The van der Waals surface area contributed by atoms with Gasteiger partial charge in [0.05, 0.1) is 40.7 Å². The van der Waals surface area contributed by atoms with Gasteiger partial charge in [-0.25, -0.2) is 4.98 Å². The molecule has 1 aliphatic heterocycles. The lowest BCUT2D eigenvalue weighted by Gasteiger charge is -2.18. The lowest BCUT2D eigenvalue weighted by molar-refractivity contribution is -0.148. The highest BCUT2D eigenvalue weighted by molar-refractivity contribution is 7.29. The van der Waals surface area contributed by atoms with E-state index in [9.17, 15) is 4.79 Å². The minimum absolute atomic E-state index is 0.0373. The molecule has 0 saturated carbocycles. The number of nitrogen functional groups attached to an aromatic ring is 1. The van der Waals surface area contributed by atoms with Crippen LogP contribution in [0.5, 0.6) is 5.88 Å². The Bertz CT molecular complexity index is 894. The molecule has 1 saturated heterocycles. The molecule has 2 aromatic rings. The quantitative estimate of drug-likeness (QED) is 0.312. The highest BCUT2D eigenvalue weighted by Gasteiger charge is 2.35. The summed E-state index contributed by atoms with van der Waals surface area (Å²) in [6, 6.07) is -0.432. The first-order valence-corrected chi connectivity index (χ1v) is 11.3. The molecule has 0 aromatic carbocycles. The number of nitrogens with two attached hydrogens (primary N) is 1. The van der Waals surface area contributed by atoms with Crippen LogP contribution in [0.15, 0.2) is 6.33 Å². The van der Waals surface area contributed by atoms with Crippen LogP contribution < -0.4 is 15.6 Å². The summed E-state index contributed by atoms with van der Waals surface area (Å²) in [5.74, 6) is 0.415. The number of carbonyl (C=O) groups is 1. The number of nitrogens with one attached hydrogen (secondary N) is 1. The molecule has 12 heteroatoms. The van der Waals surface area contributed by atoms with E-state index in [1.807, 2.05) is 25.3 Å². The Morgan fingerprint density at radius 3 is 2.90 bits per heavy atom. The molecule has 0 amide bonds. The minimum Gasteiger partial charge on any atom is -0.476 e. The zero-order chi connectivity index (χ0) is 22.5. The number of hydrogen-bond acceptors (Lipinski definition) is 10. The minimum atomic E-state index is -0.432. The topological polar surface area (TPSA) is 136 Å². The van der Waals surface area contributed by atoms with Gasteiger partial charge in [-0.1, -0.05) is 6.92 Å². The van der Waals surface area contributed by atoms with Gasteiger partial charge in [-0.15, -0.1) is 0 Å². The molecule has 3 heterocycles. The molecule has 11 nitrogen and oxygen atoms in total. The van der Waals surface area contributed by atoms with Crippen molar-refractivity contribution in [1.29, 1.82) is 0 Å². The monoisotopic (exact) mass is 454 g/mol. The largest absolute Gasteiger partial charge is 0.476 e. The average molecular weight is 454 g/mol. The van der Waals surface area contributed by atoms with Crippen molar-refractivity contribution in [3.8, 4) is 5.88 Å². The smallest absolute Gasteiger partial charge is 0.323 e. The van der Waals surface area contributed by atoms with E-state index < -0.39 is 6.04 Å². The van der Waals surface area contributed by atoms with Crippen LogP contribution in [0.25, 0.3) is 11.2 Å². The van der Waals surface area contributed by atoms with Crippen molar-refractivity contribution in [2.75, 3.05) is 18.9 Å². The molecule has 5 atom stereocenters. The normalized spacial score (nSPS) is 22.6. The Kier molecular flexibility index (Phi) is 7.99. The lowest BCUT2D eigenvalue weighted by Crippen LogP contribution is -2.32. The second kappa shape index (κ2) is 10.5. The lowest BCUT2D eigenvalue weighted by atomic mass is 10.1. The summed E-state index contributed by atoms with van der Waals surface area (Å²) in [5.41, 5.74) is 6.99. The van der Waals surface area contributed by atoms with E-state index in [0.29, 0.717) is 30.3 Å². The van der Waals surface area contributed by atoms with E-state index in [1.54, 1.807) is 13.3 Å². The van der Waals surface area contributed by atoms with Crippen LogP contribution in [-0.4, -0.2) is 57.0 Å². The first-order valence-electron chi connectivity index (χ1n) is 10.4. The van der Waals surface area contributed by atoms with Gasteiger partial charge >= 0.3 is 5.97 Å². The molecule has 0 bridgehead atoms. The molecule has 1 aliphatic rings. The predicted molar refractivity (Wildman–Crippen MR) is 117 cm³/mol. The Morgan fingerprint density at radius 1 is 1.42 bits per heavy atom. The maximum absolute atomic E-state index is 11.8. The number of ether oxygens (including phenoxy) is 3. The van der Waals surface area contributed by atoms with Crippen molar-refractivity contribution in [3.63, 3.8) is 0 Å². The molecule has 2 aromatic heterocycles. The molecule has 172 valence electrons. The fourth-order valence-electron chi connectivity index (χ4n) is 3.35. The zero-order valence-corrected chi connectivity index (χ0v) is 19.5. The zero-order valence-electron chi connectivity index (χ0n) is 18.5. The number of hydrogen-bond donors (Lipinski definition) is 2. The number of anilines is 1. The summed E-state index contributed by atoms with van der Waals surface area (Å²) in [6.07, 6.45) is 2.01. The fraction of sp³-hybridized carbons (Fsp3) is 0.684. The third kappa shape index (κ3) is 5.79. The second-order valence-corrected chi connectivity index (χ2v) is 8.55. The summed E-state index contributed by atoms with van der Waals surface area (Å²) in [4.78, 5) is 24.7. The van der Waals surface area contributed by atoms with Crippen LogP contribution in [0.1, 0.15) is 47.3 Å². The van der Waals surface area contributed by atoms with Gasteiger partial charge in [0.15, 0.2) is 11.2 Å². The van der Waals surface area contributed by atoms with Gasteiger partial charge in [-0.05, 0) is 34.1 Å². The van der Waals surface area contributed by atoms with Crippen molar-refractivity contribution in [3.05, 3.63) is 6.33 Å². The Balaban J connectivity index is 1.56. The van der Waals surface area contributed by atoms with Crippen LogP contribution in [0.3, 0.4) is 0 Å². The standard InChI is InChI=1S/C19H31N6O5P/c1-6-27-16-14-15(22-19(20)23-16)25(9-21-14)17-11(4)7-13(30-17)8-28-31-24-12(5)18(26)29-10(2)3/h9-13,17,24,31H,6-8H2,1-5H3,(H2,20,22,23). The van der Waals surface area contributed by atoms with Gasteiger partial charge in [-0.3, -0.25) is 14.4 Å². The fourth-order valence-corrected chi connectivity index (χ4v) is 4.00. The predicted octanol–water partition coefficient (Wildman–Crippen LogP) is 2.19. The highest BCUT2D eigenvalue weighted by atomic mass is 31.1. The van der Waals surface area contributed by atoms with Crippen LogP contribution in [0, 0.1) is 5.92 Å². The Hall–Kier alpha value is -2.07. The first-order chi connectivity index (χ1) is 14.8. The number of imidazole rings is 1. The van der Waals surface area contributed by atoms with Gasteiger partial charge < -0.3 is 24.5 Å². The van der Waals surface area contributed by atoms with Crippen molar-refractivity contribution in [2.45, 2.75) is 65.5 Å². The maximum atomic E-state index is 11.8. The van der Waals surface area contributed by atoms with E-state index in [1.165, 1.54) is 0 Å². The third-order valence-electron chi connectivity index (χ3n) is 4.74. The highest BCUT2D eigenvalue weighted by Crippen LogP contribution is 2.37.